The third-order valence-corrected chi connectivity index (χ3v) is 2.86. The number of ether oxygens (including phenoxy) is 2. The van der Waals surface area contributed by atoms with Gasteiger partial charge < -0.3 is 20.5 Å². The summed E-state index contributed by atoms with van der Waals surface area (Å²) in [5.74, 6) is 2.43. The van der Waals surface area contributed by atoms with Crippen LogP contribution in [0.5, 0.6) is 11.5 Å². The molecule has 2 aromatic rings. The number of anilines is 2. The minimum Gasteiger partial charge on any atom is -0.497 e. The lowest BCUT2D eigenvalue weighted by Crippen LogP contribution is -2.12. The van der Waals surface area contributed by atoms with Gasteiger partial charge >= 0.3 is 0 Å². The first kappa shape index (κ1) is 14.0. The van der Waals surface area contributed by atoms with Gasteiger partial charge in [-0.3, -0.25) is 0 Å². The molecule has 0 radical (unpaired) electrons. The van der Waals surface area contributed by atoms with Gasteiger partial charge in [0, 0.05) is 0 Å². The van der Waals surface area contributed by atoms with Crippen molar-refractivity contribution in [1.29, 1.82) is 0 Å². The number of benzene rings is 1. The van der Waals surface area contributed by atoms with Crippen molar-refractivity contribution in [2.75, 3.05) is 31.3 Å². The average molecular weight is 273 g/mol. The van der Waals surface area contributed by atoms with E-state index < -0.39 is 0 Å². The number of rotatable bonds is 6. The number of aryl methyl sites for hydroxylation is 1. The smallest absolute Gasteiger partial charge is 0.126 e. The van der Waals surface area contributed by atoms with Crippen molar-refractivity contribution in [3.8, 4) is 11.5 Å². The molecule has 0 aliphatic carbocycles. The second-order valence-corrected chi connectivity index (χ2v) is 4.32. The van der Waals surface area contributed by atoms with Crippen LogP contribution in [0.25, 0.3) is 0 Å². The van der Waals surface area contributed by atoms with Crippen molar-refractivity contribution in [3.05, 3.63) is 42.1 Å². The molecule has 0 saturated heterocycles. The molecule has 0 aliphatic rings. The van der Waals surface area contributed by atoms with Crippen molar-refractivity contribution >= 4 is 11.5 Å². The fourth-order valence-corrected chi connectivity index (χ4v) is 1.69. The average Bonchev–Trinajstić information content (AvgIpc) is 2.48. The van der Waals surface area contributed by atoms with Crippen LogP contribution in [0, 0.1) is 6.92 Å². The van der Waals surface area contributed by atoms with Gasteiger partial charge in [-0.05, 0) is 43.3 Å². The fourth-order valence-electron chi connectivity index (χ4n) is 1.69. The summed E-state index contributed by atoms with van der Waals surface area (Å²) < 4.78 is 10.7. The first-order chi connectivity index (χ1) is 9.69. The van der Waals surface area contributed by atoms with E-state index in [1.165, 1.54) is 0 Å². The highest BCUT2D eigenvalue weighted by atomic mass is 16.5. The summed E-state index contributed by atoms with van der Waals surface area (Å²) in [6.07, 6.45) is 0. The van der Waals surface area contributed by atoms with Gasteiger partial charge in [0.25, 0.3) is 0 Å². The summed E-state index contributed by atoms with van der Waals surface area (Å²) in [4.78, 5) is 4.33. The Labute approximate surface area is 118 Å². The lowest BCUT2D eigenvalue weighted by molar-refractivity contribution is 0.331. The second kappa shape index (κ2) is 6.65. The Bertz CT molecular complexity index is 556. The molecule has 1 aromatic heterocycles. The van der Waals surface area contributed by atoms with Crippen LogP contribution < -0.4 is 20.5 Å². The molecule has 0 unspecified atom stereocenters. The van der Waals surface area contributed by atoms with E-state index in [0.717, 1.165) is 23.0 Å². The monoisotopic (exact) mass is 273 g/mol. The maximum absolute atomic E-state index is 5.72. The van der Waals surface area contributed by atoms with Crippen LogP contribution in [-0.2, 0) is 0 Å². The zero-order valence-electron chi connectivity index (χ0n) is 11.7. The molecule has 3 N–H and O–H groups in total. The van der Waals surface area contributed by atoms with Crippen molar-refractivity contribution in [2.45, 2.75) is 6.92 Å². The molecule has 5 heteroatoms. The first-order valence-electron chi connectivity index (χ1n) is 6.43. The van der Waals surface area contributed by atoms with E-state index in [1.807, 2.05) is 43.3 Å². The Morgan fingerprint density at radius 1 is 1.10 bits per heavy atom. The van der Waals surface area contributed by atoms with Crippen molar-refractivity contribution < 1.29 is 9.47 Å². The molecule has 0 atom stereocenters. The Hall–Kier alpha value is -2.43. The van der Waals surface area contributed by atoms with Crippen molar-refractivity contribution in [3.63, 3.8) is 0 Å². The van der Waals surface area contributed by atoms with Gasteiger partial charge in [0.15, 0.2) is 0 Å². The van der Waals surface area contributed by atoms with Gasteiger partial charge in [0.2, 0.25) is 0 Å². The van der Waals surface area contributed by atoms with E-state index in [-0.39, 0.29) is 0 Å². The molecular formula is C15H19N3O2. The van der Waals surface area contributed by atoms with Crippen LogP contribution in [-0.4, -0.2) is 25.2 Å². The summed E-state index contributed by atoms with van der Waals surface area (Å²) in [5, 5.41) is 3.19. The zero-order chi connectivity index (χ0) is 14.4. The number of methoxy groups -OCH3 is 1. The summed E-state index contributed by atoms with van der Waals surface area (Å²) in [5.41, 5.74) is 7.24. The lowest BCUT2D eigenvalue weighted by atomic mass is 10.3. The molecule has 0 amide bonds. The third kappa shape index (κ3) is 3.78. The molecule has 0 bridgehead atoms. The molecule has 106 valence electrons. The minimum absolute atomic E-state index is 0.553. The van der Waals surface area contributed by atoms with Gasteiger partial charge in [-0.2, -0.15) is 0 Å². The van der Waals surface area contributed by atoms with Crippen LogP contribution in [0.2, 0.25) is 0 Å². The quantitative estimate of drug-likeness (QED) is 0.791. The molecule has 1 heterocycles. The van der Waals surface area contributed by atoms with Gasteiger partial charge in [0.05, 0.1) is 25.0 Å². The van der Waals surface area contributed by atoms with Crippen molar-refractivity contribution in [1.82, 2.24) is 4.98 Å². The van der Waals surface area contributed by atoms with E-state index in [9.17, 15) is 0 Å². The SMILES string of the molecule is COc1ccc(OCCNc2ccc(N)c(C)n2)cc1. The number of nitrogens with two attached hydrogens (primary N) is 1. The summed E-state index contributed by atoms with van der Waals surface area (Å²) >= 11 is 0. The largest absolute Gasteiger partial charge is 0.497 e. The summed E-state index contributed by atoms with van der Waals surface area (Å²) in [6.45, 7) is 3.11. The predicted molar refractivity (Wildman–Crippen MR) is 80.4 cm³/mol. The highest BCUT2D eigenvalue weighted by molar-refractivity contribution is 5.49. The molecule has 0 saturated carbocycles. The summed E-state index contributed by atoms with van der Waals surface area (Å²) in [7, 11) is 1.64. The normalized spacial score (nSPS) is 10.1. The molecule has 0 aliphatic heterocycles. The van der Waals surface area contributed by atoms with Crippen LogP contribution in [0.15, 0.2) is 36.4 Å². The zero-order valence-corrected chi connectivity index (χ0v) is 11.7. The fraction of sp³-hybridized carbons (Fsp3) is 0.267. The van der Waals surface area contributed by atoms with E-state index >= 15 is 0 Å². The van der Waals surface area contributed by atoms with Crippen LogP contribution in [0.4, 0.5) is 11.5 Å². The first-order valence-corrected chi connectivity index (χ1v) is 6.43. The van der Waals surface area contributed by atoms with Crippen LogP contribution in [0.3, 0.4) is 0 Å². The predicted octanol–water partition coefficient (Wildman–Crippen LogP) is 2.47. The van der Waals surface area contributed by atoms with E-state index in [1.54, 1.807) is 7.11 Å². The maximum Gasteiger partial charge on any atom is 0.126 e. The van der Waals surface area contributed by atoms with Gasteiger partial charge in [0.1, 0.15) is 23.9 Å². The second-order valence-electron chi connectivity index (χ2n) is 4.32. The minimum atomic E-state index is 0.553. The van der Waals surface area contributed by atoms with Gasteiger partial charge in [-0.25, -0.2) is 4.98 Å². The van der Waals surface area contributed by atoms with Gasteiger partial charge in [-0.1, -0.05) is 0 Å². The Kier molecular flexibility index (Phi) is 4.65. The molecular weight excluding hydrogens is 254 g/mol. The number of pyridine rings is 1. The third-order valence-electron chi connectivity index (χ3n) is 2.86. The lowest BCUT2D eigenvalue weighted by Gasteiger charge is -2.09. The number of aromatic nitrogens is 1. The summed E-state index contributed by atoms with van der Waals surface area (Å²) in [6, 6.07) is 11.2. The Morgan fingerprint density at radius 3 is 2.45 bits per heavy atom. The number of nitrogen functional groups attached to an aromatic ring is 1. The molecule has 5 nitrogen and oxygen atoms in total. The molecule has 2 rings (SSSR count). The van der Waals surface area contributed by atoms with E-state index in [4.69, 9.17) is 15.2 Å². The molecule has 0 fully saturated rings. The Balaban J connectivity index is 1.76. The standard InChI is InChI=1S/C15H19N3O2/c1-11-14(16)7-8-15(18-11)17-9-10-20-13-5-3-12(19-2)4-6-13/h3-8H,9-10,16H2,1-2H3,(H,17,18). The molecule has 20 heavy (non-hydrogen) atoms. The number of hydrogen-bond donors (Lipinski definition) is 2. The molecule has 1 aromatic carbocycles. The van der Waals surface area contributed by atoms with Crippen LogP contribution in [0.1, 0.15) is 5.69 Å². The van der Waals surface area contributed by atoms with Crippen molar-refractivity contribution in [2.24, 2.45) is 0 Å². The van der Waals surface area contributed by atoms with E-state index in [2.05, 4.69) is 10.3 Å². The molecule has 0 spiro atoms. The van der Waals surface area contributed by atoms with Gasteiger partial charge in [-0.15, -0.1) is 0 Å². The topological polar surface area (TPSA) is 69.4 Å². The highest BCUT2D eigenvalue weighted by Gasteiger charge is 1.99. The number of nitrogens with zero attached hydrogens (tertiary/aromatic N) is 1. The number of nitrogens with one attached hydrogen (secondary N) is 1. The maximum atomic E-state index is 5.72. The number of hydrogen-bond acceptors (Lipinski definition) is 5. The van der Waals surface area contributed by atoms with Crippen LogP contribution >= 0.6 is 0 Å². The Morgan fingerprint density at radius 2 is 1.80 bits per heavy atom. The highest BCUT2D eigenvalue weighted by Crippen LogP contribution is 2.17. The van der Waals surface area contributed by atoms with E-state index in [0.29, 0.717) is 18.8 Å².